The van der Waals surface area contributed by atoms with Gasteiger partial charge in [-0.1, -0.05) is 18.2 Å². The maximum absolute atomic E-state index is 12.2. The average molecular weight is 284 g/mol. The largest absolute Gasteiger partial charge is 0.459 e. The SMILES string of the molecule is CN(C)C(=O)c1occc1CN1C(=O)Cc2ccccc21. The van der Waals surface area contributed by atoms with Gasteiger partial charge in [-0.3, -0.25) is 9.59 Å². The monoisotopic (exact) mass is 284 g/mol. The number of benzene rings is 1. The molecule has 1 aromatic carbocycles. The lowest BCUT2D eigenvalue weighted by molar-refractivity contribution is -0.117. The second kappa shape index (κ2) is 5.09. The van der Waals surface area contributed by atoms with Crippen LogP contribution in [0.3, 0.4) is 0 Å². The summed E-state index contributed by atoms with van der Waals surface area (Å²) in [5.41, 5.74) is 2.65. The van der Waals surface area contributed by atoms with Crippen LogP contribution in [0, 0.1) is 0 Å². The molecule has 0 spiro atoms. The highest BCUT2D eigenvalue weighted by Crippen LogP contribution is 2.30. The Morgan fingerprint density at radius 2 is 2.05 bits per heavy atom. The van der Waals surface area contributed by atoms with Crippen molar-refractivity contribution in [1.29, 1.82) is 0 Å². The summed E-state index contributed by atoms with van der Waals surface area (Å²) in [4.78, 5) is 27.4. The molecule has 2 aromatic rings. The third-order valence-corrected chi connectivity index (χ3v) is 3.60. The number of hydrogen-bond donors (Lipinski definition) is 0. The number of para-hydroxylation sites is 1. The van der Waals surface area contributed by atoms with Crippen LogP contribution in [-0.2, 0) is 17.8 Å². The molecule has 5 nitrogen and oxygen atoms in total. The van der Waals surface area contributed by atoms with Crippen molar-refractivity contribution in [3.63, 3.8) is 0 Å². The van der Waals surface area contributed by atoms with E-state index in [0.717, 1.165) is 16.8 Å². The molecular formula is C16H16N2O3. The number of carbonyl (C=O) groups is 2. The molecule has 0 N–H and O–H groups in total. The number of amides is 2. The summed E-state index contributed by atoms with van der Waals surface area (Å²) in [7, 11) is 3.34. The lowest BCUT2D eigenvalue weighted by Gasteiger charge is -2.17. The van der Waals surface area contributed by atoms with Crippen LogP contribution in [0.15, 0.2) is 41.0 Å². The first kappa shape index (κ1) is 13.4. The van der Waals surface area contributed by atoms with Gasteiger partial charge in [-0.2, -0.15) is 0 Å². The molecule has 1 aliphatic rings. The molecule has 0 saturated carbocycles. The van der Waals surface area contributed by atoms with Gasteiger partial charge in [0.25, 0.3) is 5.91 Å². The van der Waals surface area contributed by atoms with Gasteiger partial charge in [-0.15, -0.1) is 0 Å². The zero-order valence-corrected chi connectivity index (χ0v) is 12.0. The van der Waals surface area contributed by atoms with E-state index in [9.17, 15) is 9.59 Å². The highest BCUT2D eigenvalue weighted by Gasteiger charge is 2.29. The maximum atomic E-state index is 12.2. The Balaban J connectivity index is 1.90. The van der Waals surface area contributed by atoms with E-state index < -0.39 is 0 Å². The van der Waals surface area contributed by atoms with Gasteiger partial charge in [-0.25, -0.2) is 0 Å². The third kappa shape index (κ3) is 2.31. The minimum Gasteiger partial charge on any atom is -0.459 e. The summed E-state index contributed by atoms with van der Waals surface area (Å²) in [6, 6.07) is 9.45. The van der Waals surface area contributed by atoms with Crippen LogP contribution in [0.25, 0.3) is 0 Å². The number of carbonyl (C=O) groups excluding carboxylic acids is 2. The Morgan fingerprint density at radius 3 is 2.81 bits per heavy atom. The molecule has 0 radical (unpaired) electrons. The number of rotatable bonds is 3. The molecule has 0 aliphatic carbocycles. The minimum absolute atomic E-state index is 0.0423. The highest BCUT2D eigenvalue weighted by atomic mass is 16.3. The van der Waals surface area contributed by atoms with E-state index >= 15 is 0 Å². The van der Waals surface area contributed by atoms with Crippen LogP contribution < -0.4 is 4.90 Å². The van der Waals surface area contributed by atoms with E-state index in [2.05, 4.69) is 0 Å². The molecule has 108 valence electrons. The summed E-state index contributed by atoms with van der Waals surface area (Å²) in [5, 5.41) is 0. The average Bonchev–Trinajstić information content (AvgIpc) is 3.04. The molecule has 0 unspecified atom stereocenters. The second-order valence-corrected chi connectivity index (χ2v) is 5.26. The van der Waals surface area contributed by atoms with Gasteiger partial charge in [0.15, 0.2) is 5.76 Å². The Morgan fingerprint density at radius 1 is 1.29 bits per heavy atom. The molecule has 2 heterocycles. The Labute approximate surface area is 122 Å². The minimum atomic E-state index is -0.199. The molecule has 3 rings (SSSR count). The van der Waals surface area contributed by atoms with Crippen molar-refractivity contribution in [3.8, 4) is 0 Å². The van der Waals surface area contributed by atoms with Crippen molar-refractivity contribution < 1.29 is 14.0 Å². The molecule has 5 heteroatoms. The first-order valence-corrected chi connectivity index (χ1v) is 6.74. The molecule has 0 fully saturated rings. The standard InChI is InChI=1S/C16H16N2O3/c1-17(2)16(20)15-12(7-8-21-15)10-18-13-6-4-3-5-11(13)9-14(18)19/h3-8H,9-10H2,1-2H3. The van der Waals surface area contributed by atoms with Gasteiger partial charge < -0.3 is 14.2 Å². The summed E-state index contributed by atoms with van der Waals surface area (Å²) >= 11 is 0. The van der Waals surface area contributed by atoms with Gasteiger partial charge in [0.1, 0.15) is 0 Å². The third-order valence-electron chi connectivity index (χ3n) is 3.60. The summed E-state index contributed by atoms with van der Waals surface area (Å²) in [5.74, 6) is 0.132. The van der Waals surface area contributed by atoms with Crippen molar-refractivity contribution in [2.75, 3.05) is 19.0 Å². The number of furan rings is 1. The zero-order chi connectivity index (χ0) is 15.0. The lowest BCUT2D eigenvalue weighted by Crippen LogP contribution is -2.28. The highest BCUT2D eigenvalue weighted by molar-refractivity contribution is 6.01. The molecule has 0 saturated heterocycles. The van der Waals surface area contributed by atoms with Crippen LogP contribution in [-0.4, -0.2) is 30.8 Å². The fourth-order valence-corrected chi connectivity index (χ4v) is 2.51. The molecule has 21 heavy (non-hydrogen) atoms. The fraction of sp³-hybridized carbons (Fsp3) is 0.250. The number of anilines is 1. The fourth-order valence-electron chi connectivity index (χ4n) is 2.51. The molecule has 1 aliphatic heterocycles. The lowest BCUT2D eigenvalue weighted by atomic mass is 10.1. The van der Waals surface area contributed by atoms with Crippen molar-refractivity contribution >= 4 is 17.5 Å². The predicted octanol–water partition coefficient (Wildman–Crippen LogP) is 2.07. The van der Waals surface area contributed by atoms with Gasteiger partial charge in [0.05, 0.1) is 19.2 Å². The second-order valence-electron chi connectivity index (χ2n) is 5.26. The van der Waals surface area contributed by atoms with Crippen molar-refractivity contribution in [3.05, 3.63) is 53.5 Å². The van der Waals surface area contributed by atoms with Crippen LogP contribution in [0.4, 0.5) is 5.69 Å². The summed E-state index contributed by atoms with van der Waals surface area (Å²) in [6.07, 6.45) is 1.89. The smallest absolute Gasteiger partial charge is 0.289 e. The van der Waals surface area contributed by atoms with Crippen molar-refractivity contribution in [2.45, 2.75) is 13.0 Å². The van der Waals surface area contributed by atoms with Gasteiger partial charge >= 0.3 is 0 Å². The number of fused-ring (bicyclic) bond motifs is 1. The summed E-state index contributed by atoms with van der Waals surface area (Å²) in [6.45, 7) is 0.348. The van der Waals surface area contributed by atoms with E-state index in [4.69, 9.17) is 4.42 Å². The first-order valence-electron chi connectivity index (χ1n) is 6.74. The van der Waals surface area contributed by atoms with Gasteiger partial charge in [0.2, 0.25) is 5.91 Å². The van der Waals surface area contributed by atoms with Crippen LogP contribution >= 0.6 is 0 Å². The van der Waals surface area contributed by atoms with Crippen LogP contribution in [0.5, 0.6) is 0 Å². The van der Waals surface area contributed by atoms with Crippen molar-refractivity contribution in [2.24, 2.45) is 0 Å². The summed E-state index contributed by atoms with van der Waals surface area (Å²) < 4.78 is 5.29. The van der Waals surface area contributed by atoms with E-state index in [1.54, 1.807) is 25.1 Å². The Bertz CT molecular complexity index is 703. The van der Waals surface area contributed by atoms with Gasteiger partial charge in [0, 0.05) is 25.3 Å². The molecule has 2 amide bonds. The van der Waals surface area contributed by atoms with E-state index in [-0.39, 0.29) is 17.6 Å². The molecule has 0 atom stereocenters. The van der Waals surface area contributed by atoms with E-state index in [0.29, 0.717) is 13.0 Å². The first-order chi connectivity index (χ1) is 10.1. The quantitative estimate of drug-likeness (QED) is 0.867. The van der Waals surface area contributed by atoms with Crippen molar-refractivity contribution in [1.82, 2.24) is 4.90 Å². The Kier molecular flexibility index (Phi) is 3.25. The maximum Gasteiger partial charge on any atom is 0.289 e. The zero-order valence-electron chi connectivity index (χ0n) is 12.0. The van der Waals surface area contributed by atoms with E-state index in [1.807, 2.05) is 24.3 Å². The topological polar surface area (TPSA) is 53.8 Å². The number of nitrogens with zero attached hydrogens (tertiary/aromatic N) is 2. The Hall–Kier alpha value is -2.56. The number of hydrogen-bond acceptors (Lipinski definition) is 3. The van der Waals surface area contributed by atoms with Crippen LogP contribution in [0.1, 0.15) is 21.7 Å². The normalized spacial score (nSPS) is 13.4. The van der Waals surface area contributed by atoms with E-state index in [1.165, 1.54) is 11.2 Å². The van der Waals surface area contributed by atoms with Crippen LogP contribution in [0.2, 0.25) is 0 Å². The molecule has 0 bridgehead atoms. The molecular weight excluding hydrogens is 268 g/mol. The molecule has 1 aromatic heterocycles. The predicted molar refractivity (Wildman–Crippen MR) is 78.1 cm³/mol. The van der Waals surface area contributed by atoms with Gasteiger partial charge in [-0.05, 0) is 17.7 Å².